The van der Waals surface area contributed by atoms with Crippen molar-refractivity contribution in [3.05, 3.63) is 48.0 Å². The number of aliphatic hydroxyl groups excluding tert-OH is 2. The van der Waals surface area contributed by atoms with Gasteiger partial charge in [0.15, 0.2) is 6.29 Å². The number of esters is 1. The van der Waals surface area contributed by atoms with Crippen molar-refractivity contribution in [1.82, 2.24) is 0 Å². The van der Waals surface area contributed by atoms with Gasteiger partial charge in [-0.25, -0.2) is 4.79 Å². The van der Waals surface area contributed by atoms with E-state index in [0.29, 0.717) is 25.9 Å². The SMILES string of the molecule is C[C@H](CC/C=C/C(=O)OCCc1ccccc1)OC1O[C@@H](C)C(O)C[C@H]1O. The molecule has 0 saturated carbocycles. The quantitative estimate of drug-likeness (QED) is 0.507. The highest BCUT2D eigenvalue weighted by Gasteiger charge is 2.35. The van der Waals surface area contributed by atoms with E-state index in [1.165, 1.54) is 6.08 Å². The van der Waals surface area contributed by atoms with E-state index in [4.69, 9.17) is 14.2 Å². The maximum atomic E-state index is 11.7. The summed E-state index contributed by atoms with van der Waals surface area (Å²) in [5.41, 5.74) is 1.13. The second kappa shape index (κ2) is 11.2. The van der Waals surface area contributed by atoms with Crippen LogP contribution in [0.15, 0.2) is 42.5 Å². The van der Waals surface area contributed by atoms with E-state index in [1.807, 2.05) is 37.3 Å². The number of benzene rings is 1. The predicted molar refractivity (Wildman–Crippen MR) is 101 cm³/mol. The number of ether oxygens (including phenoxy) is 3. The highest BCUT2D eigenvalue weighted by atomic mass is 16.7. The number of aliphatic hydroxyl groups is 2. The molecule has 2 rings (SSSR count). The van der Waals surface area contributed by atoms with Crippen LogP contribution < -0.4 is 0 Å². The molecular weight excluding hydrogens is 348 g/mol. The van der Waals surface area contributed by atoms with Gasteiger partial charge in [0.05, 0.1) is 24.9 Å². The third-order valence-corrected chi connectivity index (χ3v) is 4.53. The Hall–Kier alpha value is -1.73. The number of carbonyl (C=O) groups is 1. The molecule has 1 fully saturated rings. The van der Waals surface area contributed by atoms with E-state index in [0.717, 1.165) is 5.56 Å². The number of carbonyl (C=O) groups excluding carboxylic acids is 1. The molecule has 6 nitrogen and oxygen atoms in total. The first kappa shape index (κ1) is 21.6. The van der Waals surface area contributed by atoms with Gasteiger partial charge in [0.25, 0.3) is 0 Å². The fourth-order valence-electron chi connectivity index (χ4n) is 2.84. The minimum absolute atomic E-state index is 0.147. The van der Waals surface area contributed by atoms with Crippen LogP contribution in [0.1, 0.15) is 38.7 Å². The molecular formula is C21H30O6. The second-order valence-corrected chi connectivity index (χ2v) is 6.91. The van der Waals surface area contributed by atoms with E-state index in [1.54, 1.807) is 13.0 Å². The summed E-state index contributed by atoms with van der Waals surface area (Å²) < 4.78 is 16.4. The lowest BCUT2D eigenvalue weighted by Crippen LogP contribution is -2.48. The first-order valence-corrected chi connectivity index (χ1v) is 9.50. The Morgan fingerprint density at radius 1 is 1.30 bits per heavy atom. The smallest absolute Gasteiger partial charge is 0.330 e. The first-order valence-electron chi connectivity index (χ1n) is 9.50. The lowest BCUT2D eigenvalue weighted by Gasteiger charge is -2.36. The molecule has 150 valence electrons. The van der Waals surface area contributed by atoms with Crippen molar-refractivity contribution in [3.63, 3.8) is 0 Å². The Labute approximate surface area is 160 Å². The van der Waals surface area contributed by atoms with Gasteiger partial charge in [-0.3, -0.25) is 0 Å². The second-order valence-electron chi connectivity index (χ2n) is 6.91. The Balaban J connectivity index is 1.59. The Bertz CT molecular complexity index is 588. The maximum Gasteiger partial charge on any atom is 0.330 e. The molecule has 1 heterocycles. The first-order chi connectivity index (χ1) is 13.0. The zero-order valence-corrected chi connectivity index (χ0v) is 16.0. The third kappa shape index (κ3) is 7.81. The van der Waals surface area contributed by atoms with Gasteiger partial charge >= 0.3 is 5.97 Å². The molecule has 1 aromatic carbocycles. The summed E-state index contributed by atoms with van der Waals surface area (Å²) in [7, 11) is 0. The highest BCUT2D eigenvalue weighted by molar-refractivity contribution is 5.81. The fraction of sp³-hybridized carbons (Fsp3) is 0.571. The average molecular weight is 378 g/mol. The van der Waals surface area contributed by atoms with E-state index in [-0.39, 0.29) is 24.6 Å². The average Bonchev–Trinajstić information content (AvgIpc) is 2.64. The molecule has 1 saturated heterocycles. The molecule has 2 N–H and O–H groups in total. The standard InChI is InChI=1S/C21H30O6/c1-15(26-21-19(23)14-18(22)16(2)27-21)8-6-7-11-20(24)25-13-12-17-9-4-3-5-10-17/h3-5,7,9-11,15-16,18-19,21-23H,6,8,12-14H2,1-2H3/b11-7+/t15-,16+,18?,19-,21?/m1/s1. The molecule has 27 heavy (non-hydrogen) atoms. The summed E-state index contributed by atoms with van der Waals surface area (Å²) in [5, 5.41) is 19.6. The summed E-state index contributed by atoms with van der Waals surface area (Å²) in [5.74, 6) is -0.353. The van der Waals surface area contributed by atoms with Crippen molar-refractivity contribution in [2.45, 2.75) is 70.2 Å². The van der Waals surface area contributed by atoms with Gasteiger partial charge in [0, 0.05) is 18.9 Å². The molecule has 0 amide bonds. The highest BCUT2D eigenvalue weighted by Crippen LogP contribution is 2.22. The van der Waals surface area contributed by atoms with Crippen molar-refractivity contribution in [2.75, 3.05) is 6.61 Å². The van der Waals surface area contributed by atoms with Crippen molar-refractivity contribution in [2.24, 2.45) is 0 Å². The molecule has 0 aromatic heterocycles. The van der Waals surface area contributed by atoms with Crippen LogP contribution in [-0.2, 0) is 25.4 Å². The fourth-order valence-corrected chi connectivity index (χ4v) is 2.84. The summed E-state index contributed by atoms with van der Waals surface area (Å²) in [6.07, 6.45) is 2.70. The van der Waals surface area contributed by atoms with Crippen LogP contribution in [0.5, 0.6) is 0 Å². The topological polar surface area (TPSA) is 85.2 Å². The Kier molecular flexibility index (Phi) is 8.94. The van der Waals surface area contributed by atoms with Crippen LogP contribution in [0.4, 0.5) is 0 Å². The largest absolute Gasteiger partial charge is 0.462 e. The zero-order valence-electron chi connectivity index (χ0n) is 16.0. The van der Waals surface area contributed by atoms with Crippen LogP contribution in [0, 0.1) is 0 Å². The molecule has 6 heteroatoms. The maximum absolute atomic E-state index is 11.7. The van der Waals surface area contributed by atoms with Crippen molar-refractivity contribution < 1.29 is 29.2 Å². The predicted octanol–water partition coefficient (Wildman–Crippen LogP) is 2.37. The van der Waals surface area contributed by atoms with E-state index in [2.05, 4.69) is 0 Å². The third-order valence-electron chi connectivity index (χ3n) is 4.53. The Morgan fingerprint density at radius 3 is 2.78 bits per heavy atom. The van der Waals surface area contributed by atoms with Crippen LogP contribution in [0.3, 0.4) is 0 Å². The van der Waals surface area contributed by atoms with Gasteiger partial charge in [0.2, 0.25) is 0 Å². The van der Waals surface area contributed by atoms with E-state index >= 15 is 0 Å². The summed E-state index contributed by atoms with van der Waals surface area (Å²) in [6.45, 7) is 4.00. The van der Waals surface area contributed by atoms with Gasteiger partial charge in [-0.05, 0) is 32.3 Å². The number of rotatable bonds is 9. The molecule has 1 aliphatic rings. The van der Waals surface area contributed by atoms with Gasteiger partial charge < -0.3 is 24.4 Å². The van der Waals surface area contributed by atoms with E-state index in [9.17, 15) is 15.0 Å². The molecule has 0 spiro atoms. The molecule has 0 aliphatic carbocycles. The number of hydrogen-bond donors (Lipinski definition) is 2. The molecule has 0 radical (unpaired) electrons. The molecule has 5 atom stereocenters. The molecule has 0 bridgehead atoms. The summed E-state index contributed by atoms with van der Waals surface area (Å²) in [6, 6.07) is 9.87. The normalized spacial score (nSPS) is 26.8. The number of hydrogen-bond acceptors (Lipinski definition) is 6. The van der Waals surface area contributed by atoms with Crippen molar-refractivity contribution >= 4 is 5.97 Å². The van der Waals surface area contributed by atoms with Crippen molar-refractivity contribution in [3.8, 4) is 0 Å². The Morgan fingerprint density at radius 2 is 2.04 bits per heavy atom. The van der Waals surface area contributed by atoms with Gasteiger partial charge in [-0.2, -0.15) is 0 Å². The van der Waals surface area contributed by atoms with Crippen LogP contribution in [-0.4, -0.2) is 53.5 Å². The molecule has 2 unspecified atom stereocenters. The number of allylic oxidation sites excluding steroid dienone is 1. The minimum atomic E-state index is -0.839. The molecule has 1 aromatic rings. The van der Waals surface area contributed by atoms with Gasteiger partial charge in [-0.1, -0.05) is 36.4 Å². The van der Waals surface area contributed by atoms with Gasteiger partial charge in [0.1, 0.15) is 6.10 Å². The van der Waals surface area contributed by atoms with Gasteiger partial charge in [-0.15, -0.1) is 0 Å². The van der Waals surface area contributed by atoms with Crippen LogP contribution in [0.2, 0.25) is 0 Å². The minimum Gasteiger partial charge on any atom is -0.462 e. The van der Waals surface area contributed by atoms with Crippen LogP contribution >= 0.6 is 0 Å². The molecule has 1 aliphatic heterocycles. The summed E-state index contributed by atoms with van der Waals surface area (Å²) >= 11 is 0. The summed E-state index contributed by atoms with van der Waals surface area (Å²) in [4.78, 5) is 11.7. The monoisotopic (exact) mass is 378 g/mol. The van der Waals surface area contributed by atoms with Crippen LogP contribution in [0.25, 0.3) is 0 Å². The van der Waals surface area contributed by atoms with E-state index < -0.39 is 18.5 Å². The zero-order chi connectivity index (χ0) is 19.6. The lowest BCUT2D eigenvalue weighted by atomic mass is 10.0. The van der Waals surface area contributed by atoms with Crippen molar-refractivity contribution in [1.29, 1.82) is 0 Å². The lowest BCUT2D eigenvalue weighted by molar-refractivity contribution is -0.273.